The van der Waals surface area contributed by atoms with Crippen LogP contribution in [0.5, 0.6) is 0 Å². The van der Waals surface area contributed by atoms with E-state index in [0.29, 0.717) is 12.4 Å². The lowest BCUT2D eigenvalue weighted by molar-refractivity contribution is 0.0506. The Morgan fingerprint density at radius 3 is 2.82 bits per heavy atom. The molecule has 2 rings (SSSR count). The van der Waals surface area contributed by atoms with Gasteiger partial charge in [0.15, 0.2) is 0 Å². The number of hydrogen-bond donors (Lipinski definition) is 3. The number of rotatable bonds is 3. The minimum atomic E-state index is -0.721. The number of hydrogen-bond acceptors (Lipinski definition) is 3. The summed E-state index contributed by atoms with van der Waals surface area (Å²) in [5.41, 5.74) is -0.721. The Balaban J connectivity index is 1.78. The van der Waals surface area contributed by atoms with Crippen LogP contribution in [0.15, 0.2) is 24.4 Å². The highest BCUT2D eigenvalue weighted by Gasteiger charge is 2.31. The van der Waals surface area contributed by atoms with E-state index >= 15 is 0 Å². The fourth-order valence-corrected chi connectivity index (χ4v) is 2.05. The van der Waals surface area contributed by atoms with Gasteiger partial charge in [0.1, 0.15) is 5.82 Å². The van der Waals surface area contributed by atoms with E-state index in [1.807, 2.05) is 0 Å². The molecule has 5 heteroatoms. The molecule has 17 heavy (non-hydrogen) atoms. The number of carbonyl (C=O) groups is 1. The number of pyridine rings is 1. The summed E-state index contributed by atoms with van der Waals surface area (Å²) in [6.45, 7) is 0.297. The lowest BCUT2D eigenvalue weighted by Gasteiger charge is -2.22. The molecule has 1 saturated carbocycles. The number of anilines is 1. The van der Waals surface area contributed by atoms with Crippen LogP contribution in [0.1, 0.15) is 25.7 Å². The van der Waals surface area contributed by atoms with Crippen molar-refractivity contribution in [1.29, 1.82) is 0 Å². The second-order valence-electron chi connectivity index (χ2n) is 4.45. The summed E-state index contributed by atoms with van der Waals surface area (Å²) in [6, 6.07) is 4.96. The SMILES string of the molecule is O=C(NCC1(O)CCCC1)Nc1ccccn1. The van der Waals surface area contributed by atoms with E-state index in [2.05, 4.69) is 15.6 Å². The van der Waals surface area contributed by atoms with E-state index in [9.17, 15) is 9.90 Å². The first-order valence-electron chi connectivity index (χ1n) is 5.86. The molecule has 92 valence electrons. The molecule has 1 aromatic rings. The quantitative estimate of drug-likeness (QED) is 0.743. The topological polar surface area (TPSA) is 74.2 Å². The number of carbonyl (C=O) groups excluding carboxylic acids is 1. The summed E-state index contributed by atoms with van der Waals surface area (Å²) >= 11 is 0. The molecule has 0 bridgehead atoms. The largest absolute Gasteiger partial charge is 0.388 e. The van der Waals surface area contributed by atoms with Crippen LogP contribution < -0.4 is 10.6 Å². The van der Waals surface area contributed by atoms with Crippen LogP contribution in [-0.2, 0) is 0 Å². The monoisotopic (exact) mass is 235 g/mol. The zero-order valence-electron chi connectivity index (χ0n) is 9.65. The first-order valence-corrected chi connectivity index (χ1v) is 5.86. The maximum absolute atomic E-state index is 11.5. The minimum Gasteiger partial charge on any atom is -0.388 e. The molecule has 2 amide bonds. The highest BCUT2D eigenvalue weighted by molar-refractivity contribution is 5.88. The molecule has 0 unspecified atom stereocenters. The second kappa shape index (κ2) is 5.14. The Morgan fingerprint density at radius 2 is 2.18 bits per heavy atom. The second-order valence-corrected chi connectivity index (χ2v) is 4.45. The molecule has 1 aliphatic carbocycles. The lowest BCUT2D eigenvalue weighted by atomic mass is 10.0. The fourth-order valence-electron chi connectivity index (χ4n) is 2.05. The van der Waals surface area contributed by atoms with Gasteiger partial charge in [0, 0.05) is 12.7 Å². The summed E-state index contributed by atoms with van der Waals surface area (Å²) in [5.74, 6) is 0.503. The third-order valence-electron chi connectivity index (χ3n) is 3.02. The molecule has 5 nitrogen and oxygen atoms in total. The first kappa shape index (κ1) is 11.9. The molecule has 0 atom stereocenters. The van der Waals surface area contributed by atoms with Crippen molar-refractivity contribution in [2.45, 2.75) is 31.3 Å². The van der Waals surface area contributed by atoms with E-state index in [0.717, 1.165) is 25.7 Å². The van der Waals surface area contributed by atoms with Gasteiger partial charge in [-0.3, -0.25) is 5.32 Å². The van der Waals surface area contributed by atoms with Crippen LogP contribution in [0, 0.1) is 0 Å². The number of nitrogens with zero attached hydrogens (tertiary/aromatic N) is 1. The van der Waals surface area contributed by atoms with E-state index in [1.165, 1.54) is 0 Å². The predicted octanol–water partition coefficient (Wildman–Crippen LogP) is 1.51. The molecular formula is C12H17N3O2. The number of aliphatic hydroxyl groups is 1. The van der Waals surface area contributed by atoms with Crippen molar-refractivity contribution in [1.82, 2.24) is 10.3 Å². The maximum atomic E-state index is 11.5. The van der Waals surface area contributed by atoms with E-state index in [4.69, 9.17) is 0 Å². The minimum absolute atomic E-state index is 0.297. The van der Waals surface area contributed by atoms with Crippen LogP contribution in [-0.4, -0.2) is 28.3 Å². The molecule has 0 radical (unpaired) electrons. The van der Waals surface area contributed by atoms with Crippen molar-refractivity contribution in [3.8, 4) is 0 Å². The molecule has 0 saturated heterocycles. The first-order chi connectivity index (χ1) is 8.18. The van der Waals surface area contributed by atoms with Crippen LogP contribution in [0.2, 0.25) is 0 Å². The molecule has 3 N–H and O–H groups in total. The van der Waals surface area contributed by atoms with E-state index in [-0.39, 0.29) is 6.03 Å². The third kappa shape index (κ3) is 3.42. The smallest absolute Gasteiger partial charge is 0.320 e. The van der Waals surface area contributed by atoms with Crippen molar-refractivity contribution in [2.24, 2.45) is 0 Å². The highest BCUT2D eigenvalue weighted by Crippen LogP contribution is 2.28. The summed E-state index contributed by atoms with van der Waals surface area (Å²) in [6.07, 6.45) is 5.19. The van der Waals surface area contributed by atoms with Crippen LogP contribution in [0.3, 0.4) is 0 Å². The van der Waals surface area contributed by atoms with Gasteiger partial charge in [-0.05, 0) is 25.0 Å². The van der Waals surface area contributed by atoms with Gasteiger partial charge in [-0.1, -0.05) is 18.9 Å². The molecule has 1 heterocycles. The highest BCUT2D eigenvalue weighted by atomic mass is 16.3. The Hall–Kier alpha value is -1.62. The normalized spacial score (nSPS) is 17.7. The summed E-state index contributed by atoms with van der Waals surface area (Å²) in [4.78, 5) is 15.5. The molecule has 0 aliphatic heterocycles. The molecule has 0 aromatic carbocycles. The number of nitrogens with one attached hydrogen (secondary N) is 2. The lowest BCUT2D eigenvalue weighted by Crippen LogP contribution is -2.42. The summed E-state index contributed by atoms with van der Waals surface area (Å²) < 4.78 is 0. The average Bonchev–Trinajstić information content (AvgIpc) is 2.76. The van der Waals surface area contributed by atoms with Crippen LogP contribution in [0.4, 0.5) is 10.6 Å². The van der Waals surface area contributed by atoms with Crippen molar-refractivity contribution in [3.63, 3.8) is 0 Å². The Kier molecular flexibility index (Phi) is 3.58. The number of amides is 2. The van der Waals surface area contributed by atoms with Gasteiger partial charge in [0.25, 0.3) is 0 Å². The van der Waals surface area contributed by atoms with Gasteiger partial charge in [-0.25, -0.2) is 9.78 Å². The summed E-state index contributed by atoms with van der Waals surface area (Å²) in [7, 11) is 0. The van der Waals surface area contributed by atoms with Gasteiger partial charge in [0.05, 0.1) is 5.60 Å². The van der Waals surface area contributed by atoms with Gasteiger partial charge >= 0.3 is 6.03 Å². The molecule has 0 spiro atoms. The predicted molar refractivity (Wildman–Crippen MR) is 64.7 cm³/mol. The standard InChI is InChI=1S/C12H17N3O2/c16-11(15-10-5-1-4-8-13-10)14-9-12(17)6-2-3-7-12/h1,4-5,8,17H,2-3,6-7,9H2,(H2,13,14,15,16). The Labute approximate surface area is 100 Å². The Morgan fingerprint density at radius 1 is 1.41 bits per heavy atom. The van der Waals surface area contributed by atoms with Crippen molar-refractivity contribution in [2.75, 3.05) is 11.9 Å². The van der Waals surface area contributed by atoms with E-state index in [1.54, 1.807) is 24.4 Å². The zero-order valence-corrected chi connectivity index (χ0v) is 9.65. The van der Waals surface area contributed by atoms with E-state index < -0.39 is 5.60 Å². The molecular weight excluding hydrogens is 218 g/mol. The van der Waals surface area contributed by atoms with Gasteiger partial charge in [-0.2, -0.15) is 0 Å². The van der Waals surface area contributed by atoms with Crippen LogP contribution >= 0.6 is 0 Å². The maximum Gasteiger partial charge on any atom is 0.320 e. The van der Waals surface area contributed by atoms with Crippen molar-refractivity contribution >= 4 is 11.8 Å². The average molecular weight is 235 g/mol. The van der Waals surface area contributed by atoms with Crippen molar-refractivity contribution < 1.29 is 9.90 Å². The Bertz CT molecular complexity index is 375. The number of aromatic nitrogens is 1. The third-order valence-corrected chi connectivity index (χ3v) is 3.02. The summed E-state index contributed by atoms with van der Waals surface area (Å²) in [5, 5.41) is 15.3. The number of urea groups is 1. The van der Waals surface area contributed by atoms with Crippen molar-refractivity contribution in [3.05, 3.63) is 24.4 Å². The fraction of sp³-hybridized carbons (Fsp3) is 0.500. The van der Waals surface area contributed by atoms with Crippen LogP contribution in [0.25, 0.3) is 0 Å². The van der Waals surface area contributed by atoms with Gasteiger partial charge in [-0.15, -0.1) is 0 Å². The molecule has 1 aliphatic rings. The van der Waals surface area contributed by atoms with Gasteiger partial charge in [0.2, 0.25) is 0 Å². The zero-order chi connectivity index (χ0) is 12.1. The molecule has 1 aromatic heterocycles. The van der Waals surface area contributed by atoms with Gasteiger partial charge < -0.3 is 10.4 Å². The molecule has 1 fully saturated rings.